The standard InChI is InChI=1S/C24H33N3O2/c1-19(2)16-27(24(28)22-9-6-7-13-25-22)17-20-11-14-26(15-12-20)18-21-8-4-5-10-23(21)29-3/h4-10,13,19-20H,11-12,14-18H2,1-3H3. The lowest BCUT2D eigenvalue weighted by atomic mass is 9.95. The fourth-order valence-electron chi connectivity index (χ4n) is 4.05. The normalized spacial score (nSPS) is 15.4. The summed E-state index contributed by atoms with van der Waals surface area (Å²) >= 11 is 0. The molecule has 1 aromatic carbocycles. The molecule has 1 saturated heterocycles. The first-order valence-corrected chi connectivity index (χ1v) is 10.6. The fourth-order valence-corrected chi connectivity index (χ4v) is 4.05. The van der Waals surface area contributed by atoms with Gasteiger partial charge in [0.05, 0.1) is 7.11 Å². The van der Waals surface area contributed by atoms with Gasteiger partial charge in [0.15, 0.2) is 0 Å². The summed E-state index contributed by atoms with van der Waals surface area (Å²) in [6.07, 6.45) is 3.91. The molecule has 0 atom stereocenters. The van der Waals surface area contributed by atoms with Gasteiger partial charge in [-0.15, -0.1) is 0 Å². The van der Waals surface area contributed by atoms with Crippen LogP contribution < -0.4 is 4.74 Å². The number of hydrogen-bond acceptors (Lipinski definition) is 4. The van der Waals surface area contributed by atoms with E-state index < -0.39 is 0 Å². The molecule has 1 aliphatic heterocycles. The number of carbonyl (C=O) groups excluding carboxylic acids is 1. The van der Waals surface area contributed by atoms with Gasteiger partial charge >= 0.3 is 0 Å². The number of rotatable bonds is 8. The van der Waals surface area contributed by atoms with E-state index in [1.54, 1.807) is 13.3 Å². The van der Waals surface area contributed by atoms with Crippen LogP contribution in [0.2, 0.25) is 0 Å². The molecule has 0 bridgehead atoms. The van der Waals surface area contributed by atoms with Gasteiger partial charge in [-0.1, -0.05) is 38.1 Å². The van der Waals surface area contributed by atoms with Crippen LogP contribution in [0.25, 0.3) is 0 Å². The molecule has 5 nitrogen and oxygen atoms in total. The Hall–Kier alpha value is -2.40. The van der Waals surface area contributed by atoms with Crippen LogP contribution in [-0.4, -0.2) is 54.0 Å². The van der Waals surface area contributed by atoms with Crippen molar-refractivity contribution in [2.75, 3.05) is 33.3 Å². The lowest BCUT2D eigenvalue weighted by Gasteiger charge is -2.35. The Kier molecular flexibility index (Phi) is 7.64. The molecular weight excluding hydrogens is 362 g/mol. The van der Waals surface area contributed by atoms with Crippen molar-refractivity contribution >= 4 is 5.91 Å². The molecule has 0 saturated carbocycles. The maximum Gasteiger partial charge on any atom is 0.272 e. The lowest BCUT2D eigenvalue weighted by molar-refractivity contribution is 0.0657. The molecule has 1 amide bonds. The van der Waals surface area contributed by atoms with Crippen molar-refractivity contribution in [3.63, 3.8) is 0 Å². The Morgan fingerprint density at radius 1 is 1.17 bits per heavy atom. The number of nitrogens with zero attached hydrogens (tertiary/aromatic N) is 3. The van der Waals surface area contributed by atoms with E-state index in [1.165, 1.54) is 5.56 Å². The minimum atomic E-state index is 0.0516. The molecule has 1 aliphatic rings. The van der Waals surface area contributed by atoms with Crippen LogP contribution in [0.5, 0.6) is 5.75 Å². The third-order valence-electron chi connectivity index (χ3n) is 5.53. The van der Waals surface area contributed by atoms with Crippen LogP contribution in [0.1, 0.15) is 42.7 Å². The van der Waals surface area contributed by atoms with Gasteiger partial charge in [-0.2, -0.15) is 0 Å². The van der Waals surface area contributed by atoms with E-state index in [4.69, 9.17) is 4.74 Å². The smallest absolute Gasteiger partial charge is 0.272 e. The first-order chi connectivity index (χ1) is 14.1. The van der Waals surface area contributed by atoms with Crippen molar-refractivity contribution in [3.8, 4) is 5.75 Å². The number of para-hydroxylation sites is 1. The zero-order valence-electron chi connectivity index (χ0n) is 17.9. The van der Waals surface area contributed by atoms with Crippen molar-refractivity contribution in [1.29, 1.82) is 0 Å². The Morgan fingerprint density at radius 3 is 2.55 bits per heavy atom. The van der Waals surface area contributed by atoms with Crippen LogP contribution in [0, 0.1) is 11.8 Å². The topological polar surface area (TPSA) is 45.7 Å². The van der Waals surface area contributed by atoms with Crippen LogP contribution in [0.15, 0.2) is 48.7 Å². The zero-order valence-corrected chi connectivity index (χ0v) is 17.9. The number of aromatic nitrogens is 1. The number of amides is 1. The lowest BCUT2D eigenvalue weighted by Crippen LogP contribution is -2.42. The SMILES string of the molecule is COc1ccccc1CN1CCC(CN(CC(C)C)C(=O)c2ccccn2)CC1. The molecule has 1 aromatic heterocycles. The number of methoxy groups -OCH3 is 1. The molecule has 0 aliphatic carbocycles. The third-order valence-corrected chi connectivity index (χ3v) is 5.53. The Balaban J connectivity index is 1.56. The Bertz CT molecular complexity index is 771. The van der Waals surface area contributed by atoms with Crippen LogP contribution >= 0.6 is 0 Å². The molecule has 0 spiro atoms. The summed E-state index contributed by atoms with van der Waals surface area (Å²) in [4.78, 5) is 21.7. The van der Waals surface area contributed by atoms with Crippen molar-refractivity contribution < 1.29 is 9.53 Å². The number of benzene rings is 1. The molecule has 29 heavy (non-hydrogen) atoms. The van der Waals surface area contributed by atoms with E-state index in [-0.39, 0.29) is 5.91 Å². The number of piperidine rings is 1. The van der Waals surface area contributed by atoms with E-state index in [9.17, 15) is 4.79 Å². The minimum absolute atomic E-state index is 0.0516. The predicted molar refractivity (Wildman–Crippen MR) is 116 cm³/mol. The van der Waals surface area contributed by atoms with Gasteiger partial charge in [0.1, 0.15) is 11.4 Å². The highest BCUT2D eigenvalue weighted by molar-refractivity contribution is 5.92. The van der Waals surface area contributed by atoms with Crippen LogP contribution in [-0.2, 0) is 6.54 Å². The molecule has 2 heterocycles. The Morgan fingerprint density at radius 2 is 1.90 bits per heavy atom. The average molecular weight is 396 g/mol. The summed E-state index contributed by atoms with van der Waals surface area (Å²) in [7, 11) is 1.73. The number of carbonyl (C=O) groups is 1. The average Bonchev–Trinajstić information content (AvgIpc) is 2.75. The highest BCUT2D eigenvalue weighted by Crippen LogP contribution is 2.24. The third kappa shape index (κ3) is 6.04. The van der Waals surface area contributed by atoms with Gasteiger partial charge in [0.25, 0.3) is 5.91 Å². The molecule has 5 heteroatoms. The quantitative estimate of drug-likeness (QED) is 0.675. The first-order valence-electron chi connectivity index (χ1n) is 10.6. The number of likely N-dealkylation sites (tertiary alicyclic amines) is 1. The number of ether oxygens (including phenoxy) is 1. The summed E-state index contributed by atoms with van der Waals surface area (Å²) < 4.78 is 5.49. The van der Waals surface area contributed by atoms with Gasteiger partial charge < -0.3 is 9.64 Å². The molecule has 2 aromatic rings. The fraction of sp³-hybridized carbons (Fsp3) is 0.500. The molecule has 0 radical (unpaired) electrons. The molecule has 1 fully saturated rings. The molecule has 156 valence electrons. The summed E-state index contributed by atoms with van der Waals surface area (Å²) in [6, 6.07) is 13.8. The maximum absolute atomic E-state index is 13.0. The minimum Gasteiger partial charge on any atom is -0.496 e. The van der Waals surface area contributed by atoms with Crippen molar-refractivity contribution in [3.05, 3.63) is 59.9 Å². The van der Waals surface area contributed by atoms with Gasteiger partial charge in [-0.25, -0.2) is 0 Å². The van der Waals surface area contributed by atoms with Crippen LogP contribution in [0.3, 0.4) is 0 Å². The highest BCUT2D eigenvalue weighted by atomic mass is 16.5. The second-order valence-electron chi connectivity index (χ2n) is 8.35. The molecule has 0 unspecified atom stereocenters. The van der Waals surface area contributed by atoms with Gasteiger partial charge in [-0.05, 0) is 56.0 Å². The van der Waals surface area contributed by atoms with Gasteiger partial charge in [-0.3, -0.25) is 14.7 Å². The van der Waals surface area contributed by atoms with Gasteiger partial charge in [0, 0.05) is 31.4 Å². The largest absolute Gasteiger partial charge is 0.496 e. The first kappa shape index (κ1) is 21.3. The summed E-state index contributed by atoms with van der Waals surface area (Å²) in [5, 5.41) is 0. The van der Waals surface area contributed by atoms with Crippen LogP contribution in [0.4, 0.5) is 0 Å². The summed E-state index contributed by atoms with van der Waals surface area (Å²) in [5.74, 6) is 1.98. The van der Waals surface area contributed by atoms with Crippen molar-refractivity contribution in [2.45, 2.75) is 33.2 Å². The molecule has 0 N–H and O–H groups in total. The Labute approximate surface area is 174 Å². The van der Waals surface area contributed by atoms with E-state index in [1.807, 2.05) is 35.2 Å². The van der Waals surface area contributed by atoms with Crippen molar-refractivity contribution in [2.24, 2.45) is 11.8 Å². The van der Waals surface area contributed by atoms with Crippen molar-refractivity contribution in [1.82, 2.24) is 14.8 Å². The monoisotopic (exact) mass is 395 g/mol. The van der Waals surface area contributed by atoms with Gasteiger partial charge in [0.2, 0.25) is 0 Å². The maximum atomic E-state index is 13.0. The van der Waals surface area contributed by atoms with E-state index in [0.717, 1.165) is 51.3 Å². The molecular formula is C24H33N3O2. The van der Waals surface area contributed by atoms with E-state index in [0.29, 0.717) is 17.5 Å². The number of pyridine rings is 1. The second kappa shape index (κ2) is 10.4. The number of hydrogen-bond donors (Lipinski definition) is 0. The summed E-state index contributed by atoms with van der Waals surface area (Å²) in [6.45, 7) is 8.93. The van der Waals surface area contributed by atoms with E-state index >= 15 is 0 Å². The second-order valence-corrected chi connectivity index (χ2v) is 8.35. The molecule has 3 rings (SSSR count). The summed E-state index contributed by atoms with van der Waals surface area (Å²) in [5.41, 5.74) is 1.78. The highest BCUT2D eigenvalue weighted by Gasteiger charge is 2.25. The van der Waals surface area contributed by atoms with E-state index in [2.05, 4.69) is 35.9 Å². The predicted octanol–water partition coefficient (Wildman–Crippen LogP) is 4.10. The zero-order chi connectivity index (χ0) is 20.6.